The van der Waals surface area contributed by atoms with Gasteiger partial charge in [0, 0.05) is 11.9 Å². The van der Waals surface area contributed by atoms with Gasteiger partial charge in [-0.3, -0.25) is 14.5 Å². The third-order valence-electron chi connectivity index (χ3n) is 3.70. The summed E-state index contributed by atoms with van der Waals surface area (Å²) in [4.78, 5) is 49.8. The number of halogens is 1. The SMILES string of the molecule is CO/N=C(/C(=O)NC1C(=O)N2C(C(=O)O)=C(Cl)CSC12)c1nccc(N)n1. The van der Waals surface area contributed by atoms with Crippen molar-refractivity contribution in [3.05, 3.63) is 28.8 Å². The zero-order valence-corrected chi connectivity index (χ0v) is 15.3. The summed E-state index contributed by atoms with van der Waals surface area (Å²) in [5.41, 5.74) is 5.03. The first kappa shape index (κ1) is 18.9. The number of nitrogens with two attached hydrogens (primary N) is 1. The molecule has 3 heterocycles. The molecule has 0 bridgehead atoms. The van der Waals surface area contributed by atoms with Crippen molar-refractivity contribution in [2.45, 2.75) is 11.4 Å². The van der Waals surface area contributed by atoms with Gasteiger partial charge in [-0.2, -0.15) is 0 Å². The van der Waals surface area contributed by atoms with E-state index in [1.165, 1.54) is 31.1 Å². The van der Waals surface area contributed by atoms with Crippen LogP contribution < -0.4 is 11.1 Å². The van der Waals surface area contributed by atoms with E-state index >= 15 is 0 Å². The maximum absolute atomic E-state index is 12.6. The molecule has 2 atom stereocenters. The summed E-state index contributed by atoms with van der Waals surface area (Å²) in [6.45, 7) is 0. The zero-order valence-electron chi connectivity index (χ0n) is 13.7. The number of carbonyl (C=O) groups excluding carboxylic acids is 2. The Kier molecular flexibility index (Phi) is 5.19. The largest absolute Gasteiger partial charge is 0.477 e. The van der Waals surface area contributed by atoms with E-state index < -0.39 is 29.2 Å². The number of thioether (sulfide) groups is 1. The fourth-order valence-corrected chi connectivity index (χ4v) is 4.10. The van der Waals surface area contributed by atoms with Gasteiger partial charge in [0.05, 0.1) is 5.03 Å². The van der Waals surface area contributed by atoms with Gasteiger partial charge in [-0.05, 0) is 6.07 Å². The number of β-lactam (4-membered cyclic amide) rings is 1. The van der Waals surface area contributed by atoms with Crippen LogP contribution in [-0.2, 0) is 19.2 Å². The second kappa shape index (κ2) is 7.40. The number of anilines is 1. The number of fused-ring (bicyclic) bond motifs is 1. The van der Waals surface area contributed by atoms with Crippen molar-refractivity contribution < 1.29 is 24.3 Å². The summed E-state index contributed by atoms with van der Waals surface area (Å²) in [5, 5.41) is 14.8. The molecular weight excluding hydrogens is 400 g/mol. The van der Waals surface area contributed by atoms with Crippen molar-refractivity contribution in [3.8, 4) is 0 Å². The fraction of sp³-hybridized carbons (Fsp3) is 0.286. The number of carbonyl (C=O) groups is 3. The molecule has 0 radical (unpaired) electrons. The van der Waals surface area contributed by atoms with E-state index in [0.29, 0.717) is 0 Å². The maximum Gasteiger partial charge on any atom is 0.353 e. The molecule has 1 aromatic heterocycles. The second-order valence-corrected chi connectivity index (χ2v) is 6.91. The van der Waals surface area contributed by atoms with Crippen LogP contribution in [0.4, 0.5) is 5.82 Å². The van der Waals surface area contributed by atoms with Crippen molar-refractivity contribution in [1.29, 1.82) is 0 Å². The summed E-state index contributed by atoms with van der Waals surface area (Å²) in [6, 6.07) is 0.478. The van der Waals surface area contributed by atoms with Gasteiger partial charge >= 0.3 is 5.97 Å². The first-order valence-electron chi connectivity index (χ1n) is 7.42. The van der Waals surface area contributed by atoms with E-state index in [4.69, 9.17) is 17.3 Å². The van der Waals surface area contributed by atoms with Gasteiger partial charge < -0.3 is 21.0 Å². The molecule has 1 saturated heterocycles. The molecule has 0 saturated carbocycles. The van der Waals surface area contributed by atoms with Gasteiger partial charge in [0.1, 0.15) is 30.0 Å². The minimum Gasteiger partial charge on any atom is -0.477 e. The van der Waals surface area contributed by atoms with E-state index in [2.05, 4.69) is 25.3 Å². The van der Waals surface area contributed by atoms with E-state index in [-0.39, 0.29) is 33.8 Å². The normalized spacial score (nSPS) is 22.1. The van der Waals surface area contributed by atoms with Gasteiger partial charge in [0.25, 0.3) is 11.8 Å². The number of oxime groups is 1. The molecule has 0 aliphatic carbocycles. The smallest absolute Gasteiger partial charge is 0.353 e. The number of aromatic nitrogens is 2. The molecule has 0 aromatic carbocycles. The first-order valence-corrected chi connectivity index (χ1v) is 8.85. The summed E-state index contributed by atoms with van der Waals surface area (Å²) < 4.78 is 0. The third-order valence-corrected chi connectivity index (χ3v) is 5.45. The molecule has 142 valence electrons. The van der Waals surface area contributed by atoms with Crippen LogP contribution in [0.25, 0.3) is 0 Å². The lowest BCUT2D eigenvalue weighted by Gasteiger charge is -2.48. The molecule has 1 aromatic rings. The van der Waals surface area contributed by atoms with Gasteiger partial charge in [0.2, 0.25) is 5.71 Å². The van der Waals surface area contributed by atoms with E-state index in [1.54, 1.807) is 0 Å². The number of carboxylic acid groups (broad SMARTS) is 1. The highest BCUT2D eigenvalue weighted by Crippen LogP contribution is 2.41. The Balaban J connectivity index is 1.80. The molecule has 2 aliphatic heterocycles. The highest BCUT2D eigenvalue weighted by atomic mass is 35.5. The quantitative estimate of drug-likeness (QED) is 0.324. The van der Waals surface area contributed by atoms with Gasteiger partial charge in [-0.25, -0.2) is 14.8 Å². The van der Waals surface area contributed by atoms with Crippen LogP contribution in [0.3, 0.4) is 0 Å². The van der Waals surface area contributed by atoms with Crippen LogP contribution in [0.15, 0.2) is 28.1 Å². The zero-order chi connectivity index (χ0) is 19.7. The fourth-order valence-electron chi connectivity index (χ4n) is 2.55. The highest BCUT2D eigenvalue weighted by molar-refractivity contribution is 8.00. The van der Waals surface area contributed by atoms with Crippen molar-refractivity contribution in [2.75, 3.05) is 18.6 Å². The Labute approximate surface area is 161 Å². The molecule has 4 N–H and O–H groups in total. The molecule has 2 amide bonds. The lowest BCUT2D eigenvalue weighted by atomic mass is 10.0. The Hall–Kier alpha value is -2.86. The minimum absolute atomic E-state index is 0.0664. The van der Waals surface area contributed by atoms with Crippen LogP contribution >= 0.6 is 23.4 Å². The van der Waals surface area contributed by atoms with Crippen molar-refractivity contribution in [1.82, 2.24) is 20.2 Å². The van der Waals surface area contributed by atoms with E-state index in [9.17, 15) is 19.5 Å². The Morgan fingerprint density at radius 3 is 2.93 bits per heavy atom. The number of aliphatic carboxylic acids is 1. The second-order valence-electron chi connectivity index (χ2n) is 5.35. The van der Waals surface area contributed by atoms with Crippen LogP contribution in [0.2, 0.25) is 0 Å². The van der Waals surface area contributed by atoms with E-state index in [1.807, 2.05) is 0 Å². The molecule has 2 unspecified atom stereocenters. The summed E-state index contributed by atoms with van der Waals surface area (Å²) in [7, 11) is 1.23. The lowest BCUT2D eigenvalue weighted by Crippen LogP contribution is -2.71. The number of hydrogen-bond donors (Lipinski definition) is 3. The Morgan fingerprint density at radius 1 is 1.56 bits per heavy atom. The molecule has 3 rings (SSSR count). The summed E-state index contributed by atoms with van der Waals surface area (Å²) in [6.07, 6.45) is 1.34. The van der Waals surface area contributed by atoms with Gasteiger partial charge in [0.15, 0.2) is 5.82 Å². The molecule has 2 aliphatic rings. The van der Waals surface area contributed by atoms with Crippen molar-refractivity contribution in [3.63, 3.8) is 0 Å². The van der Waals surface area contributed by atoms with Gasteiger partial charge in [-0.15, -0.1) is 11.8 Å². The number of nitrogen functional groups attached to an aromatic ring is 1. The number of nitrogens with one attached hydrogen (secondary N) is 1. The molecule has 11 nitrogen and oxygen atoms in total. The predicted molar refractivity (Wildman–Crippen MR) is 95.5 cm³/mol. The van der Waals surface area contributed by atoms with Gasteiger partial charge in [-0.1, -0.05) is 16.8 Å². The predicted octanol–water partition coefficient (Wildman–Crippen LogP) is -0.656. The van der Waals surface area contributed by atoms with Crippen LogP contribution in [0, 0.1) is 0 Å². The number of rotatable bonds is 5. The van der Waals surface area contributed by atoms with Crippen LogP contribution in [0.1, 0.15) is 5.82 Å². The van der Waals surface area contributed by atoms with E-state index in [0.717, 1.165) is 4.90 Å². The Bertz CT molecular complexity index is 891. The lowest BCUT2D eigenvalue weighted by molar-refractivity contribution is -0.150. The molecule has 13 heteroatoms. The number of carboxylic acids is 1. The summed E-state index contributed by atoms with van der Waals surface area (Å²) >= 11 is 7.14. The molecule has 27 heavy (non-hydrogen) atoms. The third kappa shape index (κ3) is 3.40. The first-order chi connectivity index (χ1) is 12.8. The average Bonchev–Trinajstić information content (AvgIpc) is 2.63. The molecule has 0 spiro atoms. The summed E-state index contributed by atoms with van der Waals surface area (Å²) in [5.74, 6) is -2.42. The highest BCUT2D eigenvalue weighted by Gasteiger charge is 2.54. The molecule has 1 fully saturated rings. The topological polar surface area (TPSA) is 160 Å². The standard InChI is InChI=1S/C14H13ClN6O5S/c1-26-20-7(10-17-3-2-6(16)18-10)11(22)19-8-12(23)21-9(14(24)25)5(15)4-27-13(8)21/h2-3,8,13H,4H2,1H3,(H,19,22)(H,24,25)(H2,16,17,18)/b20-7+. The van der Waals surface area contributed by atoms with Crippen LogP contribution in [-0.4, -0.2) is 67.7 Å². The maximum atomic E-state index is 12.6. The van der Waals surface area contributed by atoms with Crippen molar-refractivity contribution >= 4 is 52.7 Å². The number of amides is 2. The Morgan fingerprint density at radius 2 is 2.30 bits per heavy atom. The number of nitrogens with zero attached hydrogens (tertiary/aromatic N) is 4. The molecular formula is C14H13ClN6O5S. The average molecular weight is 413 g/mol. The minimum atomic E-state index is -1.31. The van der Waals surface area contributed by atoms with Crippen LogP contribution in [0.5, 0.6) is 0 Å². The monoisotopic (exact) mass is 412 g/mol. The number of hydrogen-bond acceptors (Lipinski definition) is 9. The van der Waals surface area contributed by atoms with Crippen molar-refractivity contribution in [2.24, 2.45) is 5.16 Å².